The SMILES string of the molecule is C#CCn1c(=NC(=O)c2cc(-c3ccccc3)nc3ccccc23)sc2cc(F)cc(F)c21. The van der Waals surface area contributed by atoms with E-state index in [2.05, 4.69) is 15.9 Å². The number of halogens is 2. The maximum absolute atomic E-state index is 14.5. The molecule has 2 aromatic heterocycles. The summed E-state index contributed by atoms with van der Waals surface area (Å²) in [4.78, 5) is 22.5. The van der Waals surface area contributed by atoms with Gasteiger partial charge in [-0.3, -0.25) is 4.79 Å². The molecule has 4 nitrogen and oxygen atoms in total. The normalized spacial score (nSPS) is 11.7. The van der Waals surface area contributed by atoms with Crippen LogP contribution in [0.25, 0.3) is 32.4 Å². The third-order valence-electron chi connectivity index (χ3n) is 5.16. The molecular weight excluding hydrogens is 440 g/mol. The van der Waals surface area contributed by atoms with E-state index in [0.717, 1.165) is 23.0 Å². The highest BCUT2D eigenvalue weighted by Crippen LogP contribution is 2.26. The van der Waals surface area contributed by atoms with E-state index >= 15 is 0 Å². The summed E-state index contributed by atoms with van der Waals surface area (Å²) >= 11 is 1.01. The summed E-state index contributed by atoms with van der Waals surface area (Å²) in [5.41, 5.74) is 2.62. The Morgan fingerprint density at radius 1 is 1.06 bits per heavy atom. The Morgan fingerprint density at radius 3 is 2.61 bits per heavy atom. The number of terminal acetylenes is 1. The van der Waals surface area contributed by atoms with Crippen LogP contribution in [0.5, 0.6) is 0 Å². The summed E-state index contributed by atoms with van der Waals surface area (Å²) < 4.78 is 30.0. The van der Waals surface area contributed by atoms with Gasteiger partial charge in [-0.15, -0.1) is 6.42 Å². The minimum atomic E-state index is -0.758. The van der Waals surface area contributed by atoms with Crippen molar-refractivity contribution in [1.82, 2.24) is 9.55 Å². The second-order valence-electron chi connectivity index (χ2n) is 7.26. The highest BCUT2D eigenvalue weighted by Gasteiger charge is 2.16. The molecule has 160 valence electrons. The maximum atomic E-state index is 14.5. The average Bonchev–Trinajstić information content (AvgIpc) is 3.15. The molecule has 0 aliphatic rings. The van der Waals surface area contributed by atoms with E-state index in [0.29, 0.717) is 26.9 Å². The van der Waals surface area contributed by atoms with Crippen molar-refractivity contribution < 1.29 is 13.6 Å². The van der Waals surface area contributed by atoms with Crippen molar-refractivity contribution in [2.75, 3.05) is 0 Å². The molecule has 0 saturated heterocycles. The highest BCUT2D eigenvalue weighted by atomic mass is 32.1. The molecule has 5 aromatic rings. The van der Waals surface area contributed by atoms with Gasteiger partial charge in [0.2, 0.25) is 0 Å². The number of para-hydroxylation sites is 1. The molecule has 7 heteroatoms. The fourth-order valence-electron chi connectivity index (χ4n) is 3.71. The van der Waals surface area contributed by atoms with Crippen molar-refractivity contribution in [1.29, 1.82) is 0 Å². The fourth-order valence-corrected chi connectivity index (χ4v) is 4.78. The second-order valence-corrected chi connectivity index (χ2v) is 8.27. The van der Waals surface area contributed by atoms with Gasteiger partial charge in [0.05, 0.1) is 33.5 Å². The van der Waals surface area contributed by atoms with Crippen LogP contribution in [0.15, 0.2) is 77.8 Å². The number of amides is 1. The van der Waals surface area contributed by atoms with Crippen molar-refractivity contribution in [2.45, 2.75) is 6.54 Å². The number of benzene rings is 3. The maximum Gasteiger partial charge on any atom is 0.280 e. The van der Waals surface area contributed by atoms with Crippen LogP contribution in [-0.4, -0.2) is 15.5 Å². The molecule has 0 N–H and O–H groups in total. The third kappa shape index (κ3) is 3.81. The number of thiazole rings is 1. The molecular formula is C26H15F2N3OS. The van der Waals surface area contributed by atoms with Gasteiger partial charge in [0, 0.05) is 17.0 Å². The molecule has 0 fully saturated rings. The Labute approximate surface area is 191 Å². The van der Waals surface area contributed by atoms with Gasteiger partial charge in [0.25, 0.3) is 5.91 Å². The number of pyridine rings is 1. The molecule has 0 aliphatic heterocycles. The van der Waals surface area contributed by atoms with E-state index in [1.165, 1.54) is 10.6 Å². The molecule has 0 radical (unpaired) electrons. The fraction of sp³-hybridized carbons (Fsp3) is 0.0385. The summed E-state index contributed by atoms with van der Waals surface area (Å²) in [6, 6.07) is 20.5. The summed E-state index contributed by atoms with van der Waals surface area (Å²) in [6.07, 6.45) is 5.46. The molecule has 0 bridgehead atoms. The number of aromatic nitrogens is 2. The van der Waals surface area contributed by atoms with Gasteiger partial charge in [0.15, 0.2) is 10.6 Å². The van der Waals surface area contributed by atoms with E-state index in [-0.39, 0.29) is 16.9 Å². The van der Waals surface area contributed by atoms with Crippen molar-refractivity contribution in [3.05, 3.63) is 94.8 Å². The van der Waals surface area contributed by atoms with Crippen LogP contribution in [0.3, 0.4) is 0 Å². The molecule has 0 aliphatic carbocycles. The van der Waals surface area contributed by atoms with Gasteiger partial charge in [-0.05, 0) is 18.2 Å². The van der Waals surface area contributed by atoms with Gasteiger partial charge < -0.3 is 4.57 Å². The third-order valence-corrected chi connectivity index (χ3v) is 6.18. The Morgan fingerprint density at radius 2 is 1.82 bits per heavy atom. The van der Waals surface area contributed by atoms with Crippen LogP contribution >= 0.6 is 11.3 Å². The molecule has 0 atom stereocenters. The zero-order valence-electron chi connectivity index (χ0n) is 17.1. The van der Waals surface area contributed by atoms with Gasteiger partial charge in [-0.25, -0.2) is 13.8 Å². The number of rotatable bonds is 3. The zero-order chi connectivity index (χ0) is 22.9. The van der Waals surface area contributed by atoms with Crippen molar-refractivity contribution in [3.63, 3.8) is 0 Å². The standard InChI is InChI=1S/C26H15F2N3OS/c1-2-12-31-24-20(28)13-17(27)14-23(24)33-26(31)30-25(32)19-15-22(16-8-4-3-5-9-16)29-21-11-7-6-10-18(19)21/h1,3-11,13-15H,12H2. The summed E-state index contributed by atoms with van der Waals surface area (Å²) in [6.45, 7) is -0.0129. The Kier molecular flexibility index (Phi) is 5.29. The van der Waals surface area contributed by atoms with E-state index in [4.69, 9.17) is 6.42 Å². The Bertz CT molecular complexity index is 1650. The van der Waals surface area contributed by atoms with Crippen LogP contribution < -0.4 is 4.80 Å². The van der Waals surface area contributed by atoms with Gasteiger partial charge in [-0.2, -0.15) is 4.99 Å². The van der Waals surface area contributed by atoms with Crippen molar-refractivity contribution >= 4 is 38.4 Å². The van der Waals surface area contributed by atoms with E-state index in [9.17, 15) is 13.6 Å². The van der Waals surface area contributed by atoms with E-state index in [1.54, 1.807) is 12.1 Å². The first-order chi connectivity index (χ1) is 16.0. The van der Waals surface area contributed by atoms with E-state index < -0.39 is 17.5 Å². The lowest BCUT2D eigenvalue weighted by molar-refractivity contribution is 0.0999. The number of nitrogens with zero attached hydrogens (tertiary/aromatic N) is 3. The van der Waals surface area contributed by atoms with Crippen LogP contribution in [0.1, 0.15) is 10.4 Å². The smallest absolute Gasteiger partial charge is 0.280 e. The molecule has 0 saturated carbocycles. The zero-order valence-corrected chi connectivity index (χ0v) is 17.9. The van der Waals surface area contributed by atoms with Crippen molar-refractivity contribution in [2.24, 2.45) is 4.99 Å². The first kappa shape index (κ1) is 20.7. The first-order valence-corrected chi connectivity index (χ1v) is 10.8. The Hall–Kier alpha value is -4.15. The summed E-state index contributed by atoms with van der Waals surface area (Å²) in [5.74, 6) is 0.455. The monoisotopic (exact) mass is 455 g/mol. The molecule has 0 unspecified atom stereocenters. The van der Waals surface area contributed by atoms with Crippen LogP contribution in [0, 0.1) is 24.0 Å². The lowest BCUT2D eigenvalue weighted by Crippen LogP contribution is -2.17. The predicted octanol–water partition coefficient (Wildman–Crippen LogP) is 5.57. The number of hydrogen-bond donors (Lipinski definition) is 0. The molecule has 3 aromatic carbocycles. The lowest BCUT2D eigenvalue weighted by Gasteiger charge is -2.07. The lowest BCUT2D eigenvalue weighted by atomic mass is 10.0. The van der Waals surface area contributed by atoms with Crippen molar-refractivity contribution in [3.8, 4) is 23.6 Å². The van der Waals surface area contributed by atoms with Crippen LogP contribution in [0.4, 0.5) is 8.78 Å². The number of carbonyl (C=O) groups is 1. The van der Waals surface area contributed by atoms with Gasteiger partial charge >= 0.3 is 0 Å². The average molecular weight is 455 g/mol. The Balaban J connectivity index is 1.73. The predicted molar refractivity (Wildman–Crippen MR) is 126 cm³/mol. The van der Waals surface area contributed by atoms with Gasteiger partial charge in [-0.1, -0.05) is 65.8 Å². The number of hydrogen-bond acceptors (Lipinski definition) is 3. The largest absolute Gasteiger partial charge is 0.302 e. The summed E-state index contributed by atoms with van der Waals surface area (Å²) in [7, 11) is 0. The minimum absolute atomic E-state index is 0.0129. The molecule has 1 amide bonds. The summed E-state index contributed by atoms with van der Waals surface area (Å²) in [5, 5.41) is 0.646. The highest BCUT2D eigenvalue weighted by molar-refractivity contribution is 7.16. The van der Waals surface area contributed by atoms with Gasteiger partial charge in [0.1, 0.15) is 5.82 Å². The number of fused-ring (bicyclic) bond motifs is 2. The topological polar surface area (TPSA) is 47.2 Å². The quantitative estimate of drug-likeness (QED) is 0.334. The molecule has 0 spiro atoms. The molecule has 2 heterocycles. The second kappa shape index (κ2) is 8.41. The van der Waals surface area contributed by atoms with E-state index in [1.807, 2.05) is 48.5 Å². The number of carbonyl (C=O) groups excluding carboxylic acids is 1. The van der Waals surface area contributed by atoms with Crippen LogP contribution in [-0.2, 0) is 6.54 Å². The minimum Gasteiger partial charge on any atom is -0.302 e. The van der Waals surface area contributed by atoms with Crippen LogP contribution in [0.2, 0.25) is 0 Å². The molecule has 33 heavy (non-hydrogen) atoms. The molecule has 5 rings (SSSR count). The first-order valence-electron chi connectivity index (χ1n) is 10.0.